The lowest BCUT2D eigenvalue weighted by Crippen LogP contribution is -2.45. The molecule has 180 valence electrons. The van der Waals surface area contributed by atoms with Crippen molar-refractivity contribution in [1.29, 1.82) is 0 Å². The summed E-state index contributed by atoms with van der Waals surface area (Å²) in [5, 5.41) is 3.80. The van der Waals surface area contributed by atoms with Crippen molar-refractivity contribution < 1.29 is 0 Å². The van der Waals surface area contributed by atoms with Crippen LogP contribution in [0.4, 0.5) is 11.8 Å². The largest absolute Gasteiger partial charge is 0.356 e. The highest BCUT2D eigenvalue weighted by Gasteiger charge is 2.38. The van der Waals surface area contributed by atoms with E-state index in [2.05, 4.69) is 45.2 Å². The molecule has 1 N–H and O–H groups in total. The quantitative estimate of drug-likeness (QED) is 0.556. The molecule has 0 unspecified atom stereocenters. The Kier molecular flexibility index (Phi) is 9.03. The van der Waals surface area contributed by atoms with Crippen LogP contribution in [-0.4, -0.2) is 78.2 Å². The molecule has 0 spiro atoms. The van der Waals surface area contributed by atoms with Crippen LogP contribution in [0.1, 0.15) is 83.5 Å². The van der Waals surface area contributed by atoms with Crippen LogP contribution in [-0.2, 0) is 0 Å². The van der Waals surface area contributed by atoms with Gasteiger partial charge in [-0.05, 0) is 71.7 Å². The second-order valence-electron chi connectivity index (χ2n) is 10.6. The minimum Gasteiger partial charge on any atom is -0.356 e. The van der Waals surface area contributed by atoms with Crippen LogP contribution in [0.2, 0.25) is 0 Å². The number of anilines is 2. The highest BCUT2D eigenvalue weighted by atomic mass is 15.3. The molecule has 1 aliphatic carbocycles. The minimum atomic E-state index is 0.468. The van der Waals surface area contributed by atoms with E-state index in [0.29, 0.717) is 12.1 Å². The first-order chi connectivity index (χ1) is 15.7. The van der Waals surface area contributed by atoms with Crippen molar-refractivity contribution in [3.63, 3.8) is 0 Å². The van der Waals surface area contributed by atoms with E-state index in [-0.39, 0.29) is 0 Å². The number of hydrogen-bond acceptors (Lipinski definition) is 6. The van der Waals surface area contributed by atoms with Crippen LogP contribution in [0.15, 0.2) is 12.3 Å². The molecule has 1 aromatic heterocycles. The number of aromatic nitrogens is 2. The van der Waals surface area contributed by atoms with Gasteiger partial charge >= 0.3 is 0 Å². The van der Waals surface area contributed by atoms with Gasteiger partial charge in [-0.2, -0.15) is 4.98 Å². The first-order valence-electron chi connectivity index (χ1n) is 13.5. The maximum absolute atomic E-state index is 4.97. The molecule has 0 aromatic carbocycles. The third kappa shape index (κ3) is 6.57. The van der Waals surface area contributed by atoms with Gasteiger partial charge in [-0.25, -0.2) is 4.98 Å². The fourth-order valence-electron chi connectivity index (χ4n) is 6.12. The summed E-state index contributed by atoms with van der Waals surface area (Å²) in [6.45, 7) is 4.68. The van der Waals surface area contributed by atoms with Gasteiger partial charge in [0.05, 0.1) is 0 Å². The molecule has 3 aliphatic rings. The van der Waals surface area contributed by atoms with Crippen molar-refractivity contribution in [2.24, 2.45) is 0 Å². The summed E-state index contributed by atoms with van der Waals surface area (Å²) < 4.78 is 0. The highest BCUT2D eigenvalue weighted by molar-refractivity contribution is 5.43. The SMILES string of the molecule is CN(C)CCCC[C@@H]1[C@@H](Nc2nccc(N3CCCCCC3)n2)CCN1C1CCCCC1. The summed E-state index contributed by atoms with van der Waals surface area (Å²) in [6.07, 6.45) is 19.3. The number of unbranched alkanes of at least 4 members (excludes halogenated alkanes) is 1. The number of nitrogens with zero attached hydrogens (tertiary/aromatic N) is 5. The van der Waals surface area contributed by atoms with Crippen molar-refractivity contribution in [1.82, 2.24) is 19.8 Å². The van der Waals surface area contributed by atoms with E-state index in [1.165, 1.54) is 96.6 Å². The molecule has 0 radical (unpaired) electrons. The molecular formula is C26H46N6. The number of rotatable bonds is 9. The zero-order valence-electron chi connectivity index (χ0n) is 20.6. The smallest absolute Gasteiger partial charge is 0.224 e. The van der Waals surface area contributed by atoms with Gasteiger partial charge in [0.25, 0.3) is 0 Å². The van der Waals surface area contributed by atoms with Crippen molar-refractivity contribution in [3.05, 3.63) is 12.3 Å². The summed E-state index contributed by atoms with van der Waals surface area (Å²) in [5.41, 5.74) is 0. The molecule has 1 saturated carbocycles. The summed E-state index contributed by atoms with van der Waals surface area (Å²) in [5.74, 6) is 1.94. The third-order valence-electron chi connectivity index (χ3n) is 7.87. The Morgan fingerprint density at radius 3 is 2.44 bits per heavy atom. The Bertz CT molecular complexity index is 666. The van der Waals surface area contributed by atoms with Gasteiger partial charge in [0.2, 0.25) is 5.95 Å². The number of hydrogen-bond donors (Lipinski definition) is 1. The van der Waals surface area contributed by atoms with Crippen LogP contribution in [0, 0.1) is 0 Å². The van der Waals surface area contributed by atoms with E-state index in [4.69, 9.17) is 4.98 Å². The summed E-state index contributed by atoms with van der Waals surface area (Å²) in [7, 11) is 4.37. The molecule has 1 aromatic rings. The fourth-order valence-corrected chi connectivity index (χ4v) is 6.12. The van der Waals surface area contributed by atoms with Crippen molar-refractivity contribution >= 4 is 11.8 Å². The summed E-state index contributed by atoms with van der Waals surface area (Å²) >= 11 is 0. The van der Waals surface area contributed by atoms with Gasteiger partial charge in [0.15, 0.2) is 0 Å². The van der Waals surface area contributed by atoms with Crippen LogP contribution < -0.4 is 10.2 Å². The molecule has 0 bridgehead atoms. The van der Waals surface area contributed by atoms with Crippen LogP contribution in [0.5, 0.6) is 0 Å². The van der Waals surface area contributed by atoms with Gasteiger partial charge in [0, 0.05) is 44.0 Å². The predicted molar refractivity (Wildman–Crippen MR) is 135 cm³/mol. The molecule has 3 heterocycles. The van der Waals surface area contributed by atoms with Crippen molar-refractivity contribution in [2.45, 2.75) is 102 Å². The number of nitrogens with one attached hydrogen (secondary N) is 1. The Labute approximate surface area is 196 Å². The van der Waals surface area contributed by atoms with Gasteiger partial charge in [0.1, 0.15) is 5.82 Å². The predicted octanol–water partition coefficient (Wildman–Crippen LogP) is 4.78. The van der Waals surface area contributed by atoms with Gasteiger partial charge in [-0.15, -0.1) is 0 Å². The van der Waals surface area contributed by atoms with E-state index in [0.717, 1.165) is 30.9 Å². The molecular weight excluding hydrogens is 396 g/mol. The molecule has 3 fully saturated rings. The zero-order chi connectivity index (χ0) is 22.2. The molecule has 2 atom stereocenters. The maximum Gasteiger partial charge on any atom is 0.224 e. The maximum atomic E-state index is 4.97. The Hall–Kier alpha value is -1.40. The average molecular weight is 443 g/mol. The van der Waals surface area contributed by atoms with E-state index in [1.54, 1.807) is 0 Å². The van der Waals surface area contributed by atoms with Gasteiger partial charge in [-0.3, -0.25) is 4.90 Å². The standard InChI is InChI=1S/C26H46N6/c1-30(2)18-11-8-14-24-23(16-21-32(24)22-12-6-5-7-13-22)28-26-27-17-15-25(29-26)31-19-9-3-4-10-20-31/h15,17,22-24H,3-14,16,18-21H2,1-2H3,(H,27,28,29)/t23-,24+/m0/s1. The average Bonchev–Trinajstić information content (AvgIpc) is 3.01. The fraction of sp³-hybridized carbons (Fsp3) is 0.846. The van der Waals surface area contributed by atoms with Crippen LogP contribution in [0.3, 0.4) is 0 Å². The second kappa shape index (κ2) is 12.2. The normalized spacial score (nSPS) is 25.9. The summed E-state index contributed by atoms with van der Waals surface area (Å²) in [4.78, 5) is 17.2. The lowest BCUT2D eigenvalue weighted by atomic mass is 9.92. The molecule has 6 nitrogen and oxygen atoms in total. The molecule has 0 amide bonds. The molecule has 32 heavy (non-hydrogen) atoms. The Morgan fingerprint density at radius 2 is 1.69 bits per heavy atom. The van der Waals surface area contributed by atoms with Crippen LogP contribution >= 0.6 is 0 Å². The van der Waals surface area contributed by atoms with E-state index in [9.17, 15) is 0 Å². The Balaban J connectivity index is 1.41. The monoisotopic (exact) mass is 442 g/mol. The zero-order valence-corrected chi connectivity index (χ0v) is 20.6. The minimum absolute atomic E-state index is 0.468. The molecule has 2 aliphatic heterocycles. The van der Waals surface area contributed by atoms with Crippen LogP contribution in [0.25, 0.3) is 0 Å². The van der Waals surface area contributed by atoms with Gasteiger partial charge < -0.3 is 15.1 Å². The van der Waals surface area contributed by atoms with E-state index in [1.807, 2.05) is 6.20 Å². The first kappa shape index (κ1) is 23.7. The molecule has 6 heteroatoms. The lowest BCUT2D eigenvalue weighted by molar-refractivity contribution is 0.131. The molecule has 4 rings (SSSR count). The Morgan fingerprint density at radius 1 is 0.938 bits per heavy atom. The van der Waals surface area contributed by atoms with Crippen molar-refractivity contribution in [2.75, 3.05) is 50.5 Å². The highest BCUT2D eigenvalue weighted by Crippen LogP contribution is 2.33. The topological polar surface area (TPSA) is 47.5 Å². The van der Waals surface area contributed by atoms with E-state index < -0.39 is 0 Å². The number of likely N-dealkylation sites (tertiary alicyclic amines) is 1. The van der Waals surface area contributed by atoms with Gasteiger partial charge in [-0.1, -0.05) is 38.5 Å². The first-order valence-corrected chi connectivity index (χ1v) is 13.5. The lowest BCUT2D eigenvalue weighted by Gasteiger charge is -2.37. The van der Waals surface area contributed by atoms with E-state index >= 15 is 0 Å². The summed E-state index contributed by atoms with van der Waals surface area (Å²) in [6, 6.07) is 3.97. The third-order valence-corrected chi connectivity index (χ3v) is 7.87. The molecule has 2 saturated heterocycles. The second-order valence-corrected chi connectivity index (χ2v) is 10.6. The van der Waals surface area contributed by atoms with Crippen molar-refractivity contribution in [3.8, 4) is 0 Å².